The summed E-state index contributed by atoms with van der Waals surface area (Å²) in [5, 5.41) is 7.63. The summed E-state index contributed by atoms with van der Waals surface area (Å²) in [5.74, 6) is 1.49. The van der Waals surface area contributed by atoms with Crippen LogP contribution in [0.25, 0.3) is 0 Å². The largest absolute Gasteiger partial charge is 0.481 e. The molecule has 1 unspecified atom stereocenters. The molecule has 2 aromatic rings. The van der Waals surface area contributed by atoms with Gasteiger partial charge in [0.2, 0.25) is 5.88 Å². The normalized spacial score (nSPS) is 18.0. The minimum atomic E-state index is 0.00215. The topological polar surface area (TPSA) is 76.8 Å². The highest BCUT2D eigenvalue weighted by molar-refractivity contribution is 5.80. The highest BCUT2D eigenvalue weighted by Crippen LogP contribution is 2.21. The van der Waals surface area contributed by atoms with E-state index < -0.39 is 0 Å². The monoisotopic (exact) mass is 358 g/mol. The smallest absolute Gasteiger partial charge is 0.213 e. The molecule has 140 valence electrons. The fourth-order valence-electron chi connectivity index (χ4n) is 2.90. The van der Waals surface area contributed by atoms with E-state index in [1.807, 2.05) is 31.6 Å². The molecule has 8 nitrogen and oxygen atoms in total. The Kier molecular flexibility index (Phi) is 6.06. The number of pyridine rings is 1. The number of rotatable bonds is 5. The average Bonchev–Trinajstić information content (AvgIpc) is 3.12. The van der Waals surface area contributed by atoms with Gasteiger partial charge in [0.25, 0.3) is 0 Å². The van der Waals surface area contributed by atoms with Crippen LogP contribution in [0, 0.1) is 0 Å². The van der Waals surface area contributed by atoms with Crippen LogP contribution in [0.2, 0.25) is 0 Å². The minimum absolute atomic E-state index is 0.00215. The van der Waals surface area contributed by atoms with Gasteiger partial charge in [0.05, 0.1) is 33.0 Å². The molecule has 0 bridgehead atoms. The van der Waals surface area contributed by atoms with Crippen LogP contribution in [-0.4, -0.2) is 59.0 Å². The van der Waals surface area contributed by atoms with Crippen LogP contribution in [0.4, 0.5) is 0 Å². The zero-order valence-corrected chi connectivity index (χ0v) is 15.6. The molecule has 0 aliphatic carbocycles. The molecule has 0 spiro atoms. The number of methoxy groups -OCH3 is 1. The van der Waals surface area contributed by atoms with Crippen LogP contribution in [-0.2, 0) is 18.3 Å². The zero-order chi connectivity index (χ0) is 18.4. The quantitative estimate of drug-likeness (QED) is 0.642. The standard InChI is InChI=1S/C18H26N6O2/c1-4-19-18(21-10-14-5-6-20-17(9-14)25-3)24-7-8-26-16(13-24)15-11-22-23(2)12-15/h5-6,9,11-12,16H,4,7-8,10,13H2,1-3H3,(H,19,21). The second-order valence-electron chi connectivity index (χ2n) is 6.13. The molecule has 1 saturated heterocycles. The van der Waals surface area contributed by atoms with Crippen molar-refractivity contribution in [2.45, 2.75) is 19.6 Å². The Balaban J connectivity index is 1.71. The lowest BCUT2D eigenvalue weighted by Gasteiger charge is -2.34. The van der Waals surface area contributed by atoms with Crippen LogP contribution in [0.1, 0.15) is 24.2 Å². The fourth-order valence-corrected chi connectivity index (χ4v) is 2.90. The Bertz CT molecular complexity index is 745. The van der Waals surface area contributed by atoms with Crippen molar-refractivity contribution in [3.05, 3.63) is 41.9 Å². The molecule has 1 aliphatic heterocycles. The number of hydrogen-bond acceptors (Lipinski definition) is 5. The lowest BCUT2D eigenvalue weighted by atomic mass is 10.1. The van der Waals surface area contributed by atoms with Crippen LogP contribution in [0.3, 0.4) is 0 Å². The van der Waals surface area contributed by atoms with Gasteiger partial charge in [-0.3, -0.25) is 4.68 Å². The van der Waals surface area contributed by atoms with E-state index in [0.717, 1.165) is 36.7 Å². The third-order valence-electron chi connectivity index (χ3n) is 4.22. The van der Waals surface area contributed by atoms with Crippen LogP contribution >= 0.6 is 0 Å². The first-order valence-electron chi connectivity index (χ1n) is 8.82. The summed E-state index contributed by atoms with van der Waals surface area (Å²) in [6.07, 6.45) is 5.61. The number of aromatic nitrogens is 3. The van der Waals surface area contributed by atoms with Crippen LogP contribution in [0.15, 0.2) is 35.7 Å². The molecule has 8 heteroatoms. The van der Waals surface area contributed by atoms with Gasteiger partial charge in [0.15, 0.2) is 5.96 Å². The van der Waals surface area contributed by atoms with E-state index in [4.69, 9.17) is 14.5 Å². The van der Waals surface area contributed by atoms with Crippen molar-refractivity contribution < 1.29 is 9.47 Å². The summed E-state index contributed by atoms with van der Waals surface area (Å²) in [6.45, 7) is 5.67. The Labute approximate surface area is 153 Å². The van der Waals surface area contributed by atoms with Crippen molar-refractivity contribution in [3.63, 3.8) is 0 Å². The van der Waals surface area contributed by atoms with Crippen LogP contribution in [0.5, 0.6) is 5.88 Å². The zero-order valence-electron chi connectivity index (χ0n) is 15.6. The Morgan fingerprint density at radius 1 is 1.50 bits per heavy atom. The SMILES string of the molecule is CCNC(=NCc1ccnc(OC)c1)N1CCOC(c2cnn(C)c2)C1. The van der Waals surface area contributed by atoms with Gasteiger partial charge >= 0.3 is 0 Å². The first-order valence-corrected chi connectivity index (χ1v) is 8.82. The van der Waals surface area contributed by atoms with Gasteiger partial charge in [0, 0.05) is 44.2 Å². The van der Waals surface area contributed by atoms with Gasteiger partial charge in [-0.05, 0) is 18.6 Å². The lowest BCUT2D eigenvalue weighted by molar-refractivity contribution is -0.00805. The molecule has 3 rings (SSSR count). The minimum Gasteiger partial charge on any atom is -0.481 e. The number of hydrogen-bond donors (Lipinski definition) is 1. The summed E-state index contributed by atoms with van der Waals surface area (Å²) in [6, 6.07) is 3.86. The van der Waals surface area contributed by atoms with E-state index >= 15 is 0 Å². The van der Waals surface area contributed by atoms with Crippen molar-refractivity contribution in [3.8, 4) is 5.88 Å². The number of ether oxygens (including phenoxy) is 2. The summed E-state index contributed by atoms with van der Waals surface area (Å²) in [4.78, 5) is 11.2. The number of aryl methyl sites for hydroxylation is 1. The number of nitrogens with one attached hydrogen (secondary N) is 1. The maximum Gasteiger partial charge on any atom is 0.213 e. The van der Waals surface area contributed by atoms with Crippen molar-refractivity contribution in [1.82, 2.24) is 25.0 Å². The van der Waals surface area contributed by atoms with E-state index in [1.54, 1.807) is 18.0 Å². The predicted octanol–water partition coefficient (Wildman–Crippen LogP) is 1.36. The highest BCUT2D eigenvalue weighted by Gasteiger charge is 2.25. The lowest BCUT2D eigenvalue weighted by Crippen LogP contribution is -2.48. The molecular weight excluding hydrogens is 332 g/mol. The molecule has 1 atom stereocenters. The second kappa shape index (κ2) is 8.66. The van der Waals surface area contributed by atoms with Gasteiger partial charge in [-0.2, -0.15) is 5.10 Å². The first-order chi connectivity index (χ1) is 12.7. The maximum absolute atomic E-state index is 5.93. The summed E-state index contributed by atoms with van der Waals surface area (Å²) >= 11 is 0. The number of morpholine rings is 1. The number of nitrogens with zero attached hydrogens (tertiary/aromatic N) is 5. The summed E-state index contributed by atoms with van der Waals surface area (Å²) in [5.41, 5.74) is 2.15. The summed E-state index contributed by atoms with van der Waals surface area (Å²) < 4.78 is 12.9. The Morgan fingerprint density at radius 3 is 3.12 bits per heavy atom. The van der Waals surface area contributed by atoms with Gasteiger partial charge in [-0.25, -0.2) is 9.98 Å². The van der Waals surface area contributed by atoms with Crippen molar-refractivity contribution in [1.29, 1.82) is 0 Å². The molecule has 1 aliphatic rings. The van der Waals surface area contributed by atoms with E-state index in [-0.39, 0.29) is 6.10 Å². The van der Waals surface area contributed by atoms with Gasteiger partial charge in [-0.15, -0.1) is 0 Å². The third-order valence-corrected chi connectivity index (χ3v) is 4.22. The van der Waals surface area contributed by atoms with Crippen LogP contribution < -0.4 is 10.1 Å². The van der Waals surface area contributed by atoms with E-state index in [2.05, 4.69) is 27.2 Å². The molecular formula is C18H26N6O2. The number of aliphatic imine (C=N–C) groups is 1. The highest BCUT2D eigenvalue weighted by atomic mass is 16.5. The molecule has 0 radical (unpaired) electrons. The molecule has 26 heavy (non-hydrogen) atoms. The molecule has 0 aromatic carbocycles. The molecule has 1 N–H and O–H groups in total. The van der Waals surface area contributed by atoms with Crippen molar-refractivity contribution in [2.24, 2.45) is 12.0 Å². The Morgan fingerprint density at radius 2 is 2.38 bits per heavy atom. The van der Waals surface area contributed by atoms with Gasteiger partial charge < -0.3 is 19.7 Å². The van der Waals surface area contributed by atoms with Crippen molar-refractivity contribution in [2.75, 3.05) is 33.4 Å². The molecule has 3 heterocycles. The first kappa shape index (κ1) is 18.2. The molecule has 0 amide bonds. The molecule has 2 aromatic heterocycles. The van der Waals surface area contributed by atoms with Gasteiger partial charge in [-0.1, -0.05) is 0 Å². The fraction of sp³-hybridized carbons (Fsp3) is 0.500. The summed E-state index contributed by atoms with van der Waals surface area (Å²) in [7, 11) is 3.53. The van der Waals surface area contributed by atoms with E-state index in [9.17, 15) is 0 Å². The molecule has 1 fully saturated rings. The third kappa shape index (κ3) is 4.51. The molecule has 0 saturated carbocycles. The van der Waals surface area contributed by atoms with Crippen molar-refractivity contribution >= 4 is 5.96 Å². The number of guanidine groups is 1. The predicted molar refractivity (Wildman–Crippen MR) is 99.1 cm³/mol. The van der Waals surface area contributed by atoms with E-state index in [1.165, 1.54) is 0 Å². The Hall–Kier alpha value is -2.61. The maximum atomic E-state index is 5.93. The van der Waals surface area contributed by atoms with E-state index in [0.29, 0.717) is 19.0 Å². The average molecular weight is 358 g/mol. The van der Waals surface area contributed by atoms with Gasteiger partial charge in [0.1, 0.15) is 6.10 Å². The second-order valence-corrected chi connectivity index (χ2v) is 6.13.